The smallest absolute Gasteiger partial charge is 0.125 e. The van der Waals surface area contributed by atoms with Crippen molar-refractivity contribution in [2.75, 3.05) is 7.05 Å². The molecule has 0 amide bonds. The average molecular weight is 247 g/mol. The van der Waals surface area contributed by atoms with Gasteiger partial charge in [0.2, 0.25) is 0 Å². The molecule has 0 radical (unpaired) electrons. The van der Waals surface area contributed by atoms with E-state index in [1.165, 1.54) is 18.6 Å². The Kier molecular flexibility index (Phi) is 2.94. The Morgan fingerprint density at radius 1 is 1.28 bits per heavy atom. The van der Waals surface area contributed by atoms with Gasteiger partial charge in [-0.1, -0.05) is 12.1 Å². The van der Waals surface area contributed by atoms with Crippen LogP contribution >= 0.6 is 0 Å². The van der Waals surface area contributed by atoms with Crippen LogP contribution in [0.5, 0.6) is 0 Å². The van der Waals surface area contributed by atoms with E-state index in [4.69, 9.17) is 0 Å². The summed E-state index contributed by atoms with van der Waals surface area (Å²) in [6.07, 6.45) is 4.42. The molecule has 0 saturated carbocycles. The van der Waals surface area contributed by atoms with E-state index >= 15 is 0 Å². The fourth-order valence-corrected chi connectivity index (χ4v) is 3.76. The highest BCUT2D eigenvalue weighted by atomic mass is 19.1. The molecule has 0 aliphatic carbocycles. The van der Waals surface area contributed by atoms with Gasteiger partial charge in [-0.25, -0.2) is 4.39 Å². The van der Waals surface area contributed by atoms with Gasteiger partial charge in [-0.2, -0.15) is 0 Å². The number of halogens is 1. The zero-order valence-corrected chi connectivity index (χ0v) is 10.6. The molecule has 2 heterocycles. The topological polar surface area (TPSA) is 20.3 Å². The molecule has 2 nitrogen and oxygen atoms in total. The summed E-state index contributed by atoms with van der Waals surface area (Å²) in [7, 11) is 2.12. The van der Waals surface area contributed by atoms with Gasteiger partial charge >= 0.3 is 0 Å². The minimum atomic E-state index is -0.211. The molecule has 96 valence electrons. The summed E-state index contributed by atoms with van der Waals surface area (Å²) >= 11 is 0. The lowest BCUT2D eigenvalue weighted by molar-refractivity contribution is -0.114. The molecule has 3 heteroatoms. The van der Waals surface area contributed by atoms with Crippen molar-refractivity contribution in [1.82, 2.24) is 4.90 Å². The highest BCUT2D eigenvalue weighted by Gasteiger charge is 2.45. The van der Waals surface area contributed by atoms with Gasteiger partial charge in [-0.15, -0.1) is 0 Å². The molecule has 1 aromatic carbocycles. The van der Waals surface area contributed by atoms with Crippen molar-refractivity contribution < 1.29 is 9.18 Å². The first kappa shape index (κ1) is 11.8. The Morgan fingerprint density at radius 3 is 2.67 bits per heavy atom. The predicted molar refractivity (Wildman–Crippen MR) is 67.9 cm³/mol. The van der Waals surface area contributed by atoms with Crippen molar-refractivity contribution in [3.8, 4) is 0 Å². The first-order valence-corrected chi connectivity index (χ1v) is 6.63. The molecule has 0 spiro atoms. The highest BCUT2D eigenvalue weighted by molar-refractivity contribution is 5.58. The van der Waals surface area contributed by atoms with Crippen molar-refractivity contribution in [2.24, 2.45) is 5.92 Å². The molecule has 2 fully saturated rings. The fraction of sp³-hybridized carbons (Fsp3) is 0.533. The number of hydrogen-bond donors (Lipinski definition) is 0. The Hall–Kier alpha value is -1.22. The van der Waals surface area contributed by atoms with Crippen molar-refractivity contribution >= 4 is 6.29 Å². The zero-order chi connectivity index (χ0) is 12.7. The lowest BCUT2D eigenvalue weighted by Gasteiger charge is -2.40. The maximum Gasteiger partial charge on any atom is 0.125 e. The SMILES string of the molecule is CN1[C@H]2CC[C@@H]1[C@@H](C=O)[C@@H](c1ccc(F)cc1)C2. The molecule has 3 rings (SSSR count). The standard InChI is InChI=1S/C15H18FNO/c1-17-12-6-7-15(17)14(9-18)13(8-12)10-2-4-11(16)5-3-10/h2-5,9,12-15H,6-8H2,1H3/t12-,13+,14-,15+/m0/s1. The Bertz CT molecular complexity index is 444. The molecule has 0 aromatic heterocycles. The number of rotatable bonds is 2. The third-order valence-corrected chi connectivity index (χ3v) is 4.78. The number of fused-ring (bicyclic) bond motifs is 2. The monoisotopic (exact) mass is 247 g/mol. The Balaban J connectivity index is 1.92. The maximum atomic E-state index is 13.0. The Morgan fingerprint density at radius 2 is 2.00 bits per heavy atom. The first-order chi connectivity index (χ1) is 8.70. The van der Waals surface area contributed by atoms with Crippen LogP contribution in [0.4, 0.5) is 4.39 Å². The van der Waals surface area contributed by atoms with Crippen molar-refractivity contribution in [2.45, 2.75) is 37.3 Å². The van der Waals surface area contributed by atoms with Gasteiger partial charge in [-0.05, 0) is 49.9 Å². The second-order valence-corrected chi connectivity index (χ2v) is 5.57. The molecule has 2 aliphatic rings. The highest BCUT2D eigenvalue weighted by Crippen LogP contribution is 2.45. The van der Waals surface area contributed by atoms with E-state index in [1.54, 1.807) is 0 Å². The van der Waals surface area contributed by atoms with Crippen molar-refractivity contribution in [1.29, 1.82) is 0 Å². The van der Waals surface area contributed by atoms with Gasteiger partial charge in [0.15, 0.2) is 0 Å². The summed E-state index contributed by atoms with van der Waals surface area (Å²) in [5, 5.41) is 0. The van der Waals surface area contributed by atoms with E-state index in [-0.39, 0.29) is 17.7 Å². The number of piperidine rings is 1. The third-order valence-electron chi connectivity index (χ3n) is 4.78. The summed E-state index contributed by atoms with van der Waals surface area (Å²) in [4.78, 5) is 13.8. The van der Waals surface area contributed by atoms with Crippen LogP contribution in [0.25, 0.3) is 0 Å². The van der Waals surface area contributed by atoms with Crippen molar-refractivity contribution in [3.05, 3.63) is 35.6 Å². The molecule has 2 aliphatic heterocycles. The molecule has 2 bridgehead atoms. The molecule has 0 unspecified atom stereocenters. The number of nitrogens with zero attached hydrogens (tertiary/aromatic N) is 1. The number of hydrogen-bond acceptors (Lipinski definition) is 2. The van der Waals surface area contributed by atoms with E-state index in [9.17, 15) is 9.18 Å². The van der Waals surface area contributed by atoms with E-state index in [1.807, 2.05) is 12.1 Å². The van der Waals surface area contributed by atoms with Crippen molar-refractivity contribution in [3.63, 3.8) is 0 Å². The lowest BCUT2D eigenvalue weighted by atomic mass is 9.77. The second kappa shape index (κ2) is 4.47. The van der Waals surface area contributed by atoms with Gasteiger partial charge in [0.25, 0.3) is 0 Å². The molecular weight excluding hydrogens is 229 g/mol. The van der Waals surface area contributed by atoms with Gasteiger partial charge in [0.05, 0.1) is 0 Å². The summed E-state index contributed by atoms with van der Waals surface area (Å²) in [6.45, 7) is 0. The molecule has 0 N–H and O–H groups in total. The molecule has 2 saturated heterocycles. The quantitative estimate of drug-likeness (QED) is 0.749. The van der Waals surface area contributed by atoms with Gasteiger partial charge in [0.1, 0.15) is 12.1 Å². The lowest BCUT2D eigenvalue weighted by Crippen LogP contribution is -2.46. The Labute approximate surface area is 107 Å². The van der Waals surface area contributed by atoms with Gasteiger partial charge in [-0.3, -0.25) is 4.90 Å². The number of benzene rings is 1. The van der Waals surface area contributed by atoms with Crippen LogP contribution in [-0.4, -0.2) is 30.3 Å². The van der Waals surface area contributed by atoms with E-state index in [0.717, 1.165) is 24.7 Å². The van der Waals surface area contributed by atoms with E-state index < -0.39 is 0 Å². The average Bonchev–Trinajstić information content (AvgIpc) is 2.63. The largest absolute Gasteiger partial charge is 0.303 e. The molecule has 1 aromatic rings. The van der Waals surface area contributed by atoms with Crippen LogP contribution in [0, 0.1) is 11.7 Å². The zero-order valence-electron chi connectivity index (χ0n) is 10.6. The van der Waals surface area contributed by atoms with Gasteiger partial charge in [0, 0.05) is 18.0 Å². The molecular formula is C15H18FNO. The minimum Gasteiger partial charge on any atom is -0.303 e. The van der Waals surface area contributed by atoms with Crippen LogP contribution in [0.15, 0.2) is 24.3 Å². The minimum absolute atomic E-state index is 0.0548. The van der Waals surface area contributed by atoms with Crippen LogP contribution in [-0.2, 0) is 4.79 Å². The summed E-state index contributed by atoms with van der Waals surface area (Å²) in [5.74, 6) is 0.105. The fourth-order valence-electron chi connectivity index (χ4n) is 3.76. The normalized spacial score (nSPS) is 35.7. The van der Waals surface area contributed by atoms with Gasteiger partial charge < -0.3 is 4.79 Å². The van der Waals surface area contributed by atoms with Crippen LogP contribution in [0.2, 0.25) is 0 Å². The summed E-state index contributed by atoms with van der Waals surface area (Å²) in [6, 6.07) is 7.62. The third kappa shape index (κ3) is 1.77. The molecule has 18 heavy (non-hydrogen) atoms. The summed E-state index contributed by atoms with van der Waals surface area (Å²) < 4.78 is 13.0. The van der Waals surface area contributed by atoms with E-state index in [0.29, 0.717) is 12.1 Å². The maximum absolute atomic E-state index is 13.0. The van der Waals surface area contributed by atoms with E-state index in [2.05, 4.69) is 11.9 Å². The van der Waals surface area contributed by atoms with Crippen LogP contribution < -0.4 is 0 Å². The van der Waals surface area contributed by atoms with Crippen LogP contribution in [0.1, 0.15) is 30.7 Å². The van der Waals surface area contributed by atoms with Crippen LogP contribution in [0.3, 0.4) is 0 Å². The molecule has 4 atom stereocenters. The number of carbonyl (C=O) groups excluding carboxylic acids is 1. The first-order valence-electron chi connectivity index (χ1n) is 6.63. The predicted octanol–water partition coefficient (Wildman–Crippen LogP) is 2.59. The second-order valence-electron chi connectivity index (χ2n) is 5.57. The summed E-state index contributed by atoms with van der Waals surface area (Å²) in [5.41, 5.74) is 1.11. The number of carbonyl (C=O) groups is 1. The number of aldehydes is 1.